The van der Waals surface area contributed by atoms with E-state index < -0.39 is 38.8 Å². The minimum atomic E-state index is -4.68. The van der Waals surface area contributed by atoms with Gasteiger partial charge < -0.3 is 10.2 Å². The molecule has 4 aliphatic rings. The number of imidazole rings is 1. The second kappa shape index (κ2) is 14.0. The molecule has 5 aromatic rings. The molecule has 3 aliphatic heterocycles. The molecule has 9 rings (SSSR count). The summed E-state index contributed by atoms with van der Waals surface area (Å²) in [5, 5.41) is 8.77. The lowest BCUT2D eigenvalue weighted by Gasteiger charge is -2.59. The molecule has 2 amide bonds. The average molecular weight is 833 g/mol. The Kier molecular flexibility index (Phi) is 9.26. The van der Waals surface area contributed by atoms with Crippen molar-refractivity contribution < 1.29 is 31.2 Å². The number of amides is 2. The third-order valence-corrected chi connectivity index (χ3v) is 14.9. The number of aromatic nitrogens is 6. The van der Waals surface area contributed by atoms with Crippen LogP contribution in [0.2, 0.25) is 0 Å². The van der Waals surface area contributed by atoms with Gasteiger partial charge in [-0.1, -0.05) is 6.07 Å². The first-order chi connectivity index (χ1) is 28.0. The van der Waals surface area contributed by atoms with Gasteiger partial charge in [-0.3, -0.25) is 33.6 Å². The number of nitrogens with one attached hydrogen (secondary N) is 2. The van der Waals surface area contributed by atoms with Crippen LogP contribution >= 0.6 is 0 Å². The number of benzene rings is 2. The van der Waals surface area contributed by atoms with Crippen LogP contribution in [0.4, 0.5) is 30.5 Å². The number of fused-ring (bicyclic) bond motifs is 1. The first-order valence-corrected chi connectivity index (χ1v) is 21.1. The maximum Gasteiger partial charge on any atom is 0.419 e. The fraction of sp³-hybridized carbons (Fsp3) is 0.450. The molecule has 0 bridgehead atoms. The van der Waals surface area contributed by atoms with Crippen LogP contribution in [0.5, 0.6) is 0 Å². The zero-order chi connectivity index (χ0) is 41.6. The van der Waals surface area contributed by atoms with E-state index in [0.717, 1.165) is 56.4 Å². The van der Waals surface area contributed by atoms with Crippen molar-refractivity contribution in [2.45, 2.75) is 73.9 Å². The Morgan fingerprint density at radius 2 is 1.75 bits per heavy atom. The van der Waals surface area contributed by atoms with E-state index in [1.165, 1.54) is 27.7 Å². The van der Waals surface area contributed by atoms with Gasteiger partial charge in [0.05, 0.1) is 38.8 Å². The monoisotopic (exact) mass is 832 g/mol. The summed E-state index contributed by atoms with van der Waals surface area (Å²) in [6.07, 6.45) is 2.23. The number of imide groups is 1. The number of halogens is 3. The van der Waals surface area contributed by atoms with E-state index in [0.29, 0.717) is 29.6 Å². The fourth-order valence-electron chi connectivity index (χ4n) is 9.28. The van der Waals surface area contributed by atoms with Crippen molar-refractivity contribution in [1.82, 2.24) is 39.1 Å². The van der Waals surface area contributed by atoms with Gasteiger partial charge in [-0.05, 0) is 80.3 Å². The lowest BCUT2D eigenvalue weighted by atomic mass is 9.70. The van der Waals surface area contributed by atoms with Crippen LogP contribution in [0, 0.1) is 12.3 Å². The normalized spacial score (nSPS) is 22.3. The predicted octanol–water partition coefficient (Wildman–Crippen LogP) is 4.49. The van der Waals surface area contributed by atoms with E-state index in [-0.39, 0.29) is 58.0 Å². The summed E-state index contributed by atoms with van der Waals surface area (Å²) >= 11 is 0. The molecule has 3 aromatic heterocycles. The van der Waals surface area contributed by atoms with Gasteiger partial charge in [0, 0.05) is 76.4 Å². The van der Waals surface area contributed by atoms with Crippen LogP contribution in [0.15, 0.2) is 64.7 Å². The minimum absolute atomic E-state index is 0.0681. The first-order valence-electron chi connectivity index (χ1n) is 19.6. The number of nitrogens with zero attached hydrogens (tertiary/aromatic N) is 8. The number of para-hydroxylation sites is 1. The van der Waals surface area contributed by atoms with Crippen LogP contribution in [0.1, 0.15) is 55.7 Å². The smallest absolute Gasteiger partial charge is 0.370 e. The van der Waals surface area contributed by atoms with Gasteiger partial charge >= 0.3 is 11.9 Å². The van der Waals surface area contributed by atoms with Crippen molar-refractivity contribution in [3.8, 4) is 11.3 Å². The molecule has 2 aromatic carbocycles. The zero-order valence-electron chi connectivity index (χ0n) is 32.7. The molecule has 3 saturated heterocycles. The number of sulfone groups is 1. The summed E-state index contributed by atoms with van der Waals surface area (Å²) in [6, 6.07) is 9.87. The SMILES string of the molecule is Cc1cc(S(=O)(=O)C2CC(N3CC4(CCN(c5cccc6c5n(C)c(=O)n6C5CCC(=O)NC5=O)CC4)C3)C2)ccc1Nc1ncc(C(F)(F)F)c(-c2cnn(C)c2)n1. The Hall–Kier alpha value is -5.56. The molecule has 59 heavy (non-hydrogen) atoms. The second-order valence-corrected chi connectivity index (χ2v) is 18.7. The van der Waals surface area contributed by atoms with Crippen molar-refractivity contribution in [3.63, 3.8) is 0 Å². The Morgan fingerprint density at radius 3 is 2.41 bits per heavy atom. The number of anilines is 3. The molecule has 1 saturated carbocycles. The molecule has 1 aliphatic carbocycles. The third-order valence-electron chi connectivity index (χ3n) is 12.7. The number of rotatable bonds is 8. The molecule has 1 atom stereocenters. The summed E-state index contributed by atoms with van der Waals surface area (Å²) in [5.41, 5.74) is 2.14. The lowest BCUT2D eigenvalue weighted by molar-refractivity contribution is -0.138. The summed E-state index contributed by atoms with van der Waals surface area (Å²) in [7, 11) is -0.314. The summed E-state index contributed by atoms with van der Waals surface area (Å²) < 4.78 is 73.3. The van der Waals surface area contributed by atoms with Crippen LogP contribution in [0.25, 0.3) is 22.3 Å². The Balaban J connectivity index is 0.811. The molecule has 2 N–H and O–H groups in total. The molecule has 6 heterocycles. The van der Waals surface area contributed by atoms with Crippen LogP contribution in [0.3, 0.4) is 0 Å². The highest BCUT2D eigenvalue weighted by Gasteiger charge is 2.51. The second-order valence-electron chi connectivity index (χ2n) is 16.5. The lowest BCUT2D eigenvalue weighted by Crippen LogP contribution is -2.66. The van der Waals surface area contributed by atoms with E-state index >= 15 is 0 Å². The summed E-state index contributed by atoms with van der Waals surface area (Å²) in [6.45, 7) is 5.13. The number of carbonyl (C=O) groups is 2. The van der Waals surface area contributed by atoms with Crippen LogP contribution in [-0.4, -0.2) is 91.5 Å². The summed E-state index contributed by atoms with van der Waals surface area (Å²) in [4.78, 5) is 50.9. The van der Waals surface area contributed by atoms with E-state index in [2.05, 4.69) is 35.5 Å². The van der Waals surface area contributed by atoms with E-state index in [1.807, 2.05) is 18.2 Å². The Bertz CT molecular complexity index is 2690. The molecule has 15 nitrogen and oxygen atoms in total. The Labute approximate surface area is 337 Å². The number of hydrogen-bond donors (Lipinski definition) is 2. The van der Waals surface area contributed by atoms with Crippen molar-refractivity contribution >= 4 is 50.0 Å². The highest BCUT2D eigenvalue weighted by Crippen LogP contribution is 2.47. The molecule has 4 fully saturated rings. The van der Waals surface area contributed by atoms with Gasteiger partial charge in [-0.2, -0.15) is 18.3 Å². The number of aryl methyl sites for hydroxylation is 3. The topological polar surface area (TPSA) is 169 Å². The van der Waals surface area contributed by atoms with Crippen molar-refractivity contribution in [2.75, 3.05) is 36.4 Å². The fourth-order valence-corrected chi connectivity index (χ4v) is 11.2. The van der Waals surface area contributed by atoms with E-state index in [4.69, 9.17) is 0 Å². The predicted molar refractivity (Wildman–Crippen MR) is 212 cm³/mol. The van der Waals surface area contributed by atoms with Crippen molar-refractivity contribution in [2.24, 2.45) is 19.5 Å². The van der Waals surface area contributed by atoms with Gasteiger partial charge in [0.15, 0.2) is 9.84 Å². The zero-order valence-corrected chi connectivity index (χ0v) is 33.5. The molecular weight excluding hydrogens is 790 g/mol. The van der Waals surface area contributed by atoms with E-state index in [1.54, 1.807) is 37.7 Å². The molecule has 19 heteroatoms. The molecule has 0 radical (unpaired) electrons. The van der Waals surface area contributed by atoms with E-state index in [9.17, 15) is 36.0 Å². The molecule has 1 spiro atoms. The Morgan fingerprint density at radius 1 is 1.00 bits per heavy atom. The standard InChI is InChI=1S/C40H43F3N10O5S/c1-23-15-26(7-8-29(23)46-37-44-19-28(40(41,42)43)34(48-37)24-18-45-49(2)20-24)59(57,58)27-16-25(17-27)52-21-39(22-52)11-13-51(14-12-39)30-5-4-6-31-35(30)50(3)38(56)53(31)32-9-10-33(54)47-36(32)55/h4-8,15,18-20,25,27,32H,9-14,16-17,21-22H2,1-3H3,(H,44,46,48)(H,47,54,55). The van der Waals surface area contributed by atoms with Crippen LogP contribution in [-0.2, 0) is 39.7 Å². The quantitative estimate of drug-likeness (QED) is 0.212. The third kappa shape index (κ3) is 6.76. The number of piperidine rings is 2. The summed E-state index contributed by atoms with van der Waals surface area (Å²) in [5.74, 6) is -0.859. The van der Waals surface area contributed by atoms with Gasteiger partial charge in [0.2, 0.25) is 17.8 Å². The largest absolute Gasteiger partial charge is 0.419 e. The first kappa shape index (κ1) is 38.9. The minimum Gasteiger partial charge on any atom is -0.370 e. The number of likely N-dealkylation sites (tertiary alicyclic amines) is 1. The number of alkyl halides is 3. The molecular formula is C40H43F3N10O5S. The van der Waals surface area contributed by atoms with Gasteiger partial charge in [0.1, 0.15) is 11.6 Å². The number of hydrogen-bond acceptors (Lipinski definition) is 11. The average Bonchev–Trinajstić information content (AvgIpc) is 3.70. The van der Waals surface area contributed by atoms with Crippen LogP contribution < -0.4 is 21.2 Å². The number of carbonyl (C=O) groups excluding carboxylic acids is 2. The molecule has 310 valence electrons. The van der Waals surface area contributed by atoms with Crippen molar-refractivity contribution in [1.29, 1.82) is 0 Å². The van der Waals surface area contributed by atoms with Gasteiger partial charge in [-0.25, -0.2) is 23.2 Å². The highest BCUT2D eigenvalue weighted by molar-refractivity contribution is 7.92. The van der Waals surface area contributed by atoms with Gasteiger partial charge in [-0.15, -0.1) is 0 Å². The maximum absolute atomic E-state index is 13.8. The van der Waals surface area contributed by atoms with Crippen molar-refractivity contribution in [3.05, 3.63) is 76.6 Å². The maximum atomic E-state index is 13.8. The van der Waals surface area contributed by atoms with Gasteiger partial charge in [0.25, 0.3) is 0 Å². The highest BCUT2D eigenvalue weighted by atomic mass is 32.2. The molecule has 1 unspecified atom stereocenters.